The molecule has 0 saturated heterocycles. The molecule has 0 unspecified atom stereocenters. The van der Waals surface area contributed by atoms with Gasteiger partial charge in [-0.05, 0) is 24.8 Å². The Kier molecular flexibility index (Phi) is 5.32. The average molecular weight is 273 g/mol. The predicted molar refractivity (Wildman–Crippen MR) is 77.2 cm³/mol. The highest BCUT2D eigenvalue weighted by Crippen LogP contribution is 2.14. The number of ether oxygens (including phenoxy) is 1. The molecule has 20 heavy (non-hydrogen) atoms. The lowest BCUT2D eigenvalue weighted by Gasteiger charge is -2.08. The summed E-state index contributed by atoms with van der Waals surface area (Å²) < 4.78 is 5.64. The maximum Gasteiger partial charge on any atom is 0.223 e. The van der Waals surface area contributed by atoms with Crippen LogP contribution in [0.5, 0.6) is 5.88 Å². The maximum absolute atomic E-state index is 8.78. The number of unbranched alkanes of at least 4 members (excludes halogenated alkanes) is 1. The first-order valence-corrected chi connectivity index (χ1v) is 6.69. The highest BCUT2D eigenvalue weighted by atomic mass is 16.5. The lowest BCUT2D eigenvalue weighted by molar-refractivity contribution is 0.284. The van der Waals surface area contributed by atoms with Gasteiger partial charge >= 0.3 is 0 Å². The van der Waals surface area contributed by atoms with Crippen molar-refractivity contribution in [2.24, 2.45) is 0 Å². The summed E-state index contributed by atoms with van der Waals surface area (Å²) in [7, 11) is 0. The van der Waals surface area contributed by atoms with E-state index in [1.807, 2.05) is 30.3 Å². The van der Waals surface area contributed by atoms with Gasteiger partial charge in [-0.3, -0.25) is 0 Å². The summed E-state index contributed by atoms with van der Waals surface area (Å²) in [5.41, 5.74) is 7.60. The number of nitrogen functional groups attached to an aromatic ring is 1. The van der Waals surface area contributed by atoms with E-state index in [-0.39, 0.29) is 12.6 Å². The molecule has 2 aromatic rings. The van der Waals surface area contributed by atoms with Gasteiger partial charge in [0.05, 0.1) is 0 Å². The lowest BCUT2D eigenvalue weighted by atomic mass is 10.2. The first kappa shape index (κ1) is 14.3. The van der Waals surface area contributed by atoms with Crippen LogP contribution in [0.4, 0.5) is 5.95 Å². The molecular weight excluding hydrogens is 254 g/mol. The number of benzene rings is 1. The Bertz CT molecular complexity index is 532. The predicted octanol–water partition coefficient (Wildman–Crippen LogP) is 1.95. The molecule has 0 atom stereocenters. The van der Waals surface area contributed by atoms with E-state index in [2.05, 4.69) is 9.97 Å². The number of anilines is 1. The van der Waals surface area contributed by atoms with Crippen molar-refractivity contribution in [3.8, 4) is 5.88 Å². The normalized spacial score (nSPS) is 10.4. The fraction of sp³-hybridized carbons (Fsp3) is 0.333. The van der Waals surface area contributed by atoms with Gasteiger partial charge in [0, 0.05) is 18.4 Å². The van der Waals surface area contributed by atoms with Crippen LogP contribution in [0.1, 0.15) is 24.1 Å². The van der Waals surface area contributed by atoms with E-state index in [9.17, 15) is 0 Å². The molecule has 0 amide bonds. The highest BCUT2D eigenvalue weighted by molar-refractivity contribution is 5.26. The lowest BCUT2D eigenvalue weighted by Crippen LogP contribution is -2.04. The number of aromatic nitrogens is 2. The number of hydrogen-bond donors (Lipinski definition) is 2. The SMILES string of the molecule is Nc1nc(CCCCO)cc(OCc2ccccc2)n1. The molecule has 1 heterocycles. The minimum Gasteiger partial charge on any atom is -0.473 e. The van der Waals surface area contributed by atoms with Gasteiger partial charge in [0.2, 0.25) is 11.8 Å². The van der Waals surface area contributed by atoms with E-state index in [0.717, 1.165) is 30.5 Å². The summed E-state index contributed by atoms with van der Waals surface area (Å²) in [4.78, 5) is 8.24. The van der Waals surface area contributed by atoms with Crippen LogP contribution in [0.3, 0.4) is 0 Å². The van der Waals surface area contributed by atoms with Crippen LogP contribution >= 0.6 is 0 Å². The van der Waals surface area contributed by atoms with Crippen LogP contribution in [0.25, 0.3) is 0 Å². The Morgan fingerprint density at radius 3 is 2.65 bits per heavy atom. The molecule has 1 aromatic carbocycles. The molecule has 0 spiro atoms. The second-order valence-electron chi connectivity index (χ2n) is 4.51. The third kappa shape index (κ3) is 4.51. The molecular formula is C15H19N3O2. The second-order valence-corrected chi connectivity index (χ2v) is 4.51. The van der Waals surface area contributed by atoms with E-state index in [0.29, 0.717) is 12.5 Å². The molecule has 2 rings (SSSR count). The molecule has 0 bridgehead atoms. The zero-order valence-electron chi connectivity index (χ0n) is 11.3. The molecule has 3 N–H and O–H groups in total. The number of rotatable bonds is 7. The molecule has 0 saturated carbocycles. The largest absolute Gasteiger partial charge is 0.473 e. The second kappa shape index (κ2) is 7.45. The Labute approximate surface area is 118 Å². The van der Waals surface area contributed by atoms with Gasteiger partial charge in [0.25, 0.3) is 0 Å². The van der Waals surface area contributed by atoms with Gasteiger partial charge in [-0.15, -0.1) is 0 Å². The molecule has 0 aliphatic carbocycles. The van der Waals surface area contributed by atoms with Gasteiger partial charge in [-0.1, -0.05) is 30.3 Å². The number of aliphatic hydroxyl groups excluding tert-OH is 1. The molecule has 0 aliphatic heterocycles. The number of nitrogens with zero attached hydrogens (tertiary/aromatic N) is 2. The number of aliphatic hydroxyl groups is 1. The summed E-state index contributed by atoms with van der Waals surface area (Å²) in [6.07, 6.45) is 2.38. The van der Waals surface area contributed by atoms with Crippen molar-refractivity contribution in [3.05, 3.63) is 47.7 Å². The standard InChI is InChI=1S/C15H19N3O2/c16-15-17-13(8-4-5-9-19)10-14(18-15)20-11-12-6-2-1-3-7-12/h1-3,6-7,10,19H,4-5,8-9,11H2,(H2,16,17,18). The Balaban J connectivity index is 1.97. The average Bonchev–Trinajstić information content (AvgIpc) is 2.46. The van der Waals surface area contributed by atoms with Crippen molar-refractivity contribution in [3.63, 3.8) is 0 Å². The van der Waals surface area contributed by atoms with Crippen LogP contribution in [-0.4, -0.2) is 21.7 Å². The first-order chi connectivity index (χ1) is 9.78. The van der Waals surface area contributed by atoms with E-state index in [1.54, 1.807) is 6.07 Å². The van der Waals surface area contributed by atoms with Crippen molar-refractivity contribution in [2.75, 3.05) is 12.3 Å². The van der Waals surface area contributed by atoms with Crippen LogP contribution in [0, 0.1) is 0 Å². The Morgan fingerprint density at radius 2 is 1.90 bits per heavy atom. The zero-order valence-corrected chi connectivity index (χ0v) is 11.3. The van der Waals surface area contributed by atoms with Crippen LogP contribution in [-0.2, 0) is 13.0 Å². The Hall–Kier alpha value is -2.14. The molecule has 1 aromatic heterocycles. The topological polar surface area (TPSA) is 81.3 Å². The summed E-state index contributed by atoms with van der Waals surface area (Å²) in [6.45, 7) is 0.644. The van der Waals surface area contributed by atoms with Crippen LogP contribution in [0.2, 0.25) is 0 Å². The number of nitrogens with two attached hydrogens (primary N) is 1. The molecule has 0 radical (unpaired) electrons. The fourth-order valence-corrected chi connectivity index (χ4v) is 1.84. The summed E-state index contributed by atoms with van der Waals surface area (Å²) in [5.74, 6) is 0.704. The van der Waals surface area contributed by atoms with Gasteiger partial charge in [0.15, 0.2) is 0 Å². The van der Waals surface area contributed by atoms with E-state index < -0.39 is 0 Å². The van der Waals surface area contributed by atoms with E-state index in [4.69, 9.17) is 15.6 Å². The van der Waals surface area contributed by atoms with Crippen molar-refractivity contribution < 1.29 is 9.84 Å². The smallest absolute Gasteiger partial charge is 0.223 e. The van der Waals surface area contributed by atoms with Gasteiger partial charge in [-0.25, -0.2) is 4.98 Å². The van der Waals surface area contributed by atoms with Crippen LogP contribution < -0.4 is 10.5 Å². The summed E-state index contributed by atoms with van der Waals surface area (Å²) in [5, 5.41) is 8.78. The van der Waals surface area contributed by atoms with Gasteiger partial charge in [0.1, 0.15) is 6.61 Å². The van der Waals surface area contributed by atoms with Crippen molar-refractivity contribution >= 4 is 5.95 Å². The van der Waals surface area contributed by atoms with Crippen LogP contribution in [0.15, 0.2) is 36.4 Å². The van der Waals surface area contributed by atoms with Gasteiger partial charge < -0.3 is 15.6 Å². The van der Waals surface area contributed by atoms with Gasteiger partial charge in [-0.2, -0.15) is 4.98 Å². The molecule has 5 nitrogen and oxygen atoms in total. The summed E-state index contributed by atoms with van der Waals surface area (Å²) in [6, 6.07) is 11.7. The van der Waals surface area contributed by atoms with E-state index in [1.165, 1.54) is 0 Å². The quantitative estimate of drug-likeness (QED) is 0.754. The number of hydrogen-bond acceptors (Lipinski definition) is 5. The molecule has 5 heteroatoms. The minimum atomic E-state index is 0.192. The van der Waals surface area contributed by atoms with Crippen molar-refractivity contribution in [2.45, 2.75) is 25.9 Å². The monoisotopic (exact) mass is 273 g/mol. The Morgan fingerprint density at radius 1 is 1.10 bits per heavy atom. The minimum absolute atomic E-state index is 0.192. The maximum atomic E-state index is 8.78. The molecule has 106 valence electrons. The van der Waals surface area contributed by atoms with E-state index >= 15 is 0 Å². The summed E-state index contributed by atoms with van der Waals surface area (Å²) >= 11 is 0. The van der Waals surface area contributed by atoms with Crippen molar-refractivity contribution in [1.82, 2.24) is 9.97 Å². The molecule has 0 aliphatic rings. The van der Waals surface area contributed by atoms with Crippen molar-refractivity contribution in [1.29, 1.82) is 0 Å². The molecule has 0 fully saturated rings. The third-order valence-corrected chi connectivity index (χ3v) is 2.84. The highest BCUT2D eigenvalue weighted by Gasteiger charge is 2.04. The fourth-order valence-electron chi connectivity index (χ4n) is 1.84. The first-order valence-electron chi connectivity index (χ1n) is 6.69. The number of aryl methyl sites for hydroxylation is 1. The third-order valence-electron chi connectivity index (χ3n) is 2.84. The zero-order chi connectivity index (χ0) is 14.2.